The second-order valence-corrected chi connectivity index (χ2v) is 10.1. The van der Waals surface area contributed by atoms with Crippen molar-refractivity contribution in [2.75, 3.05) is 38.5 Å². The lowest BCUT2D eigenvalue weighted by Gasteiger charge is -2.31. The predicted octanol–water partition coefficient (Wildman–Crippen LogP) is 4.95. The molecule has 0 spiro atoms. The Labute approximate surface area is 262 Å². The standard InChI is InChI=1S/C30H38N6O2.3ClH/c1-22(2)32-15-16-35(21-30(38)34(4)36-19-26-7-5-6-8-27(26)20-36)29(37)18-33-28-17-25(10-9-23(28)3)24-11-13-31-14-12-24;;;/h5-14,17,22,32-33H,15-16,18-21H2,1-4H3;3*1H. The molecule has 0 radical (unpaired) electrons. The number of rotatable bonds is 11. The number of nitrogens with zero attached hydrogens (tertiary/aromatic N) is 4. The monoisotopic (exact) mass is 622 g/mol. The van der Waals surface area contributed by atoms with E-state index in [1.807, 2.05) is 48.3 Å². The van der Waals surface area contributed by atoms with Gasteiger partial charge in [-0.1, -0.05) is 50.2 Å². The van der Waals surface area contributed by atoms with Crippen molar-refractivity contribution in [1.29, 1.82) is 0 Å². The first-order valence-electron chi connectivity index (χ1n) is 13.2. The minimum Gasteiger partial charge on any atom is -0.376 e. The zero-order valence-corrected chi connectivity index (χ0v) is 26.5. The first-order chi connectivity index (χ1) is 18.3. The third kappa shape index (κ3) is 9.87. The minimum absolute atomic E-state index is 0. The third-order valence-electron chi connectivity index (χ3n) is 6.90. The first-order valence-corrected chi connectivity index (χ1v) is 13.2. The van der Waals surface area contributed by atoms with Gasteiger partial charge in [0.1, 0.15) is 6.54 Å². The van der Waals surface area contributed by atoms with Crippen molar-refractivity contribution >= 4 is 54.7 Å². The van der Waals surface area contributed by atoms with Gasteiger partial charge >= 0.3 is 0 Å². The summed E-state index contributed by atoms with van der Waals surface area (Å²) < 4.78 is 0. The Balaban J connectivity index is 0.00000280. The molecule has 0 unspecified atom stereocenters. The van der Waals surface area contributed by atoms with Crippen LogP contribution in [0.5, 0.6) is 0 Å². The summed E-state index contributed by atoms with van der Waals surface area (Å²) in [4.78, 5) is 32.4. The van der Waals surface area contributed by atoms with Gasteiger partial charge in [-0.15, -0.1) is 37.2 Å². The van der Waals surface area contributed by atoms with Crippen LogP contribution < -0.4 is 10.6 Å². The van der Waals surface area contributed by atoms with Crippen molar-refractivity contribution < 1.29 is 9.59 Å². The van der Waals surface area contributed by atoms with Crippen LogP contribution in [0.3, 0.4) is 0 Å². The number of likely N-dealkylation sites (N-methyl/N-ethyl adjacent to an activating group) is 1. The third-order valence-corrected chi connectivity index (χ3v) is 6.90. The lowest BCUT2D eigenvalue weighted by atomic mass is 10.0. The highest BCUT2D eigenvalue weighted by Crippen LogP contribution is 2.25. The fourth-order valence-corrected chi connectivity index (χ4v) is 4.55. The largest absolute Gasteiger partial charge is 0.376 e. The van der Waals surface area contributed by atoms with Gasteiger partial charge in [0, 0.05) is 57.3 Å². The Morgan fingerprint density at radius 2 is 1.56 bits per heavy atom. The van der Waals surface area contributed by atoms with Crippen LogP contribution in [0, 0.1) is 6.92 Å². The molecule has 224 valence electrons. The topological polar surface area (TPSA) is 80.8 Å². The van der Waals surface area contributed by atoms with E-state index in [2.05, 4.69) is 47.7 Å². The van der Waals surface area contributed by atoms with Gasteiger partial charge in [-0.3, -0.25) is 19.6 Å². The van der Waals surface area contributed by atoms with Gasteiger partial charge in [0.15, 0.2) is 0 Å². The molecule has 0 saturated carbocycles. The van der Waals surface area contributed by atoms with Gasteiger partial charge in [0.2, 0.25) is 5.91 Å². The fourth-order valence-electron chi connectivity index (χ4n) is 4.55. The van der Waals surface area contributed by atoms with Crippen LogP contribution in [-0.2, 0) is 22.7 Å². The molecule has 2 heterocycles. The number of fused-ring (bicyclic) bond motifs is 1. The number of carbonyl (C=O) groups excluding carboxylic acids is 2. The summed E-state index contributed by atoms with van der Waals surface area (Å²) in [5.41, 5.74) is 6.52. The van der Waals surface area contributed by atoms with Crippen LogP contribution in [0.2, 0.25) is 0 Å². The SMILES string of the molecule is Cc1ccc(-c2ccncc2)cc1NCC(=O)N(CCNC(C)C)CC(=O)N(C)N1Cc2ccccc2C1.Cl.Cl.Cl. The van der Waals surface area contributed by atoms with Crippen LogP contribution in [0.25, 0.3) is 11.1 Å². The zero-order chi connectivity index (χ0) is 27.1. The zero-order valence-electron chi connectivity index (χ0n) is 24.0. The molecule has 1 aliphatic heterocycles. The van der Waals surface area contributed by atoms with E-state index in [9.17, 15) is 9.59 Å². The number of anilines is 1. The number of hydrogen-bond acceptors (Lipinski definition) is 6. The van der Waals surface area contributed by atoms with Crippen molar-refractivity contribution in [2.45, 2.75) is 39.9 Å². The molecule has 2 aromatic carbocycles. The summed E-state index contributed by atoms with van der Waals surface area (Å²) in [7, 11) is 1.79. The molecule has 4 rings (SSSR count). The maximum absolute atomic E-state index is 13.4. The minimum atomic E-state index is -0.115. The van der Waals surface area contributed by atoms with E-state index in [0.29, 0.717) is 32.2 Å². The van der Waals surface area contributed by atoms with Gasteiger partial charge in [-0.05, 0) is 52.9 Å². The Morgan fingerprint density at radius 3 is 2.17 bits per heavy atom. The summed E-state index contributed by atoms with van der Waals surface area (Å²) in [5.74, 6) is -0.220. The number of aryl methyl sites for hydroxylation is 1. The number of nitrogens with one attached hydrogen (secondary N) is 2. The van der Waals surface area contributed by atoms with E-state index >= 15 is 0 Å². The summed E-state index contributed by atoms with van der Waals surface area (Å²) in [5, 5.41) is 10.3. The number of halogens is 3. The van der Waals surface area contributed by atoms with E-state index in [-0.39, 0.29) is 62.1 Å². The van der Waals surface area contributed by atoms with E-state index in [1.54, 1.807) is 29.4 Å². The second-order valence-electron chi connectivity index (χ2n) is 10.1. The number of amides is 2. The second kappa shape index (κ2) is 17.2. The quantitative estimate of drug-likeness (QED) is 0.315. The van der Waals surface area contributed by atoms with Gasteiger partial charge in [0.25, 0.3) is 5.91 Å². The van der Waals surface area contributed by atoms with Crippen molar-refractivity contribution in [1.82, 2.24) is 25.2 Å². The first kappa shape index (κ1) is 36.1. The van der Waals surface area contributed by atoms with Crippen molar-refractivity contribution in [3.8, 4) is 11.1 Å². The molecule has 11 heteroatoms. The highest BCUT2D eigenvalue weighted by Gasteiger charge is 2.27. The maximum atomic E-state index is 13.4. The molecule has 0 fully saturated rings. The highest BCUT2D eigenvalue weighted by atomic mass is 35.5. The molecule has 8 nitrogen and oxygen atoms in total. The highest BCUT2D eigenvalue weighted by molar-refractivity contribution is 5.87. The molecule has 0 bridgehead atoms. The van der Waals surface area contributed by atoms with Crippen LogP contribution in [0.1, 0.15) is 30.5 Å². The number of hydrazine groups is 1. The molecular formula is C30H41Cl3N6O2. The van der Waals surface area contributed by atoms with Gasteiger partial charge < -0.3 is 15.5 Å². The molecule has 3 aromatic rings. The van der Waals surface area contributed by atoms with Crippen LogP contribution in [-0.4, -0.2) is 71.0 Å². The molecular weight excluding hydrogens is 583 g/mol. The number of aromatic nitrogens is 1. The molecule has 1 aliphatic rings. The number of carbonyl (C=O) groups is 2. The lowest BCUT2D eigenvalue weighted by molar-refractivity contribution is -0.151. The Bertz CT molecular complexity index is 1240. The molecule has 0 saturated heterocycles. The molecule has 41 heavy (non-hydrogen) atoms. The van der Waals surface area contributed by atoms with E-state index in [1.165, 1.54) is 11.1 Å². The van der Waals surface area contributed by atoms with Gasteiger partial charge in [-0.2, -0.15) is 0 Å². The normalized spacial score (nSPS) is 11.9. The van der Waals surface area contributed by atoms with Crippen LogP contribution >= 0.6 is 37.2 Å². The Morgan fingerprint density at radius 1 is 0.927 bits per heavy atom. The van der Waals surface area contributed by atoms with E-state index in [4.69, 9.17) is 0 Å². The smallest absolute Gasteiger partial charge is 0.256 e. The average Bonchev–Trinajstić information content (AvgIpc) is 3.36. The maximum Gasteiger partial charge on any atom is 0.256 e. The Hall–Kier alpha value is -2.88. The average molecular weight is 624 g/mol. The predicted molar refractivity (Wildman–Crippen MR) is 173 cm³/mol. The summed E-state index contributed by atoms with van der Waals surface area (Å²) >= 11 is 0. The number of pyridine rings is 1. The molecule has 0 aliphatic carbocycles. The molecule has 0 atom stereocenters. The van der Waals surface area contributed by atoms with E-state index < -0.39 is 0 Å². The van der Waals surface area contributed by atoms with Gasteiger partial charge in [-0.25, -0.2) is 5.01 Å². The Kier molecular flexibility index (Phi) is 15.1. The summed E-state index contributed by atoms with van der Waals surface area (Å²) in [6, 6.07) is 18.6. The van der Waals surface area contributed by atoms with Crippen molar-refractivity contribution in [2.24, 2.45) is 0 Å². The summed E-state index contributed by atoms with van der Waals surface area (Å²) in [6.07, 6.45) is 3.54. The fraction of sp³-hybridized carbons (Fsp3) is 0.367. The number of hydrogen-bond donors (Lipinski definition) is 2. The van der Waals surface area contributed by atoms with Crippen molar-refractivity contribution in [3.05, 3.63) is 83.7 Å². The molecule has 2 N–H and O–H groups in total. The van der Waals surface area contributed by atoms with E-state index in [0.717, 1.165) is 22.4 Å². The lowest BCUT2D eigenvalue weighted by Crippen LogP contribution is -2.49. The molecule has 1 aromatic heterocycles. The van der Waals surface area contributed by atoms with Gasteiger partial charge in [0.05, 0.1) is 6.54 Å². The summed E-state index contributed by atoms with van der Waals surface area (Å²) in [6.45, 7) is 8.73. The molecule has 2 amide bonds. The van der Waals surface area contributed by atoms with Crippen LogP contribution in [0.4, 0.5) is 5.69 Å². The van der Waals surface area contributed by atoms with Crippen LogP contribution in [0.15, 0.2) is 67.0 Å². The van der Waals surface area contributed by atoms with Crippen molar-refractivity contribution in [3.63, 3.8) is 0 Å². The number of benzene rings is 2.